The Morgan fingerprint density at radius 1 is 0.708 bits per heavy atom. The molecule has 0 bridgehead atoms. The smallest absolute Gasteiger partial charge is 0.228 e. The molecule has 0 atom stereocenters. The average molecular weight is 316 g/mol. The maximum absolute atomic E-state index is 4.87. The van der Waals surface area contributed by atoms with Crippen molar-refractivity contribution >= 4 is 11.8 Å². The minimum Gasteiger partial charge on any atom is -0.364 e. The van der Waals surface area contributed by atoms with E-state index in [-0.39, 0.29) is 0 Å². The monoisotopic (exact) mass is 316 g/mol. The zero-order valence-electron chi connectivity index (χ0n) is 12.5. The van der Waals surface area contributed by atoms with Crippen LogP contribution in [0.2, 0.25) is 0 Å². The van der Waals surface area contributed by atoms with E-state index in [2.05, 4.69) is 30.4 Å². The molecule has 0 saturated heterocycles. The largest absolute Gasteiger partial charge is 0.364 e. The maximum Gasteiger partial charge on any atom is 0.228 e. The van der Waals surface area contributed by atoms with Gasteiger partial charge in [-0.15, -0.1) is 0 Å². The highest BCUT2D eigenvalue weighted by molar-refractivity contribution is 5.62. The van der Waals surface area contributed by atoms with E-state index in [1.54, 1.807) is 24.5 Å². The Kier molecular flexibility index (Phi) is 3.65. The Morgan fingerprint density at radius 3 is 2.38 bits per heavy atom. The molecule has 0 radical (unpaired) electrons. The van der Waals surface area contributed by atoms with Crippen molar-refractivity contribution in [3.63, 3.8) is 0 Å². The lowest BCUT2D eigenvalue weighted by molar-refractivity contribution is 0.422. The molecule has 4 heterocycles. The molecule has 0 saturated carbocycles. The summed E-state index contributed by atoms with van der Waals surface area (Å²) >= 11 is 0. The van der Waals surface area contributed by atoms with Gasteiger partial charge in [0.25, 0.3) is 0 Å². The van der Waals surface area contributed by atoms with Crippen molar-refractivity contribution < 1.29 is 4.52 Å². The van der Waals surface area contributed by atoms with Crippen LogP contribution in [0.5, 0.6) is 0 Å². The molecule has 7 heteroatoms. The third-order valence-electron chi connectivity index (χ3n) is 3.27. The third-order valence-corrected chi connectivity index (χ3v) is 3.27. The molecule has 0 aromatic carbocycles. The Morgan fingerprint density at radius 2 is 1.58 bits per heavy atom. The Labute approximate surface area is 137 Å². The Hall–Kier alpha value is -3.61. The van der Waals surface area contributed by atoms with Crippen molar-refractivity contribution in [1.29, 1.82) is 0 Å². The minimum atomic E-state index is 0.458. The molecule has 4 rings (SSSR count). The first kappa shape index (κ1) is 14.0. The molecule has 0 aliphatic rings. The van der Waals surface area contributed by atoms with E-state index in [1.807, 2.05) is 36.4 Å². The van der Waals surface area contributed by atoms with Crippen LogP contribution in [0.15, 0.2) is 71.7 Å². The van der Waals surface area contributed by atoms with Crippen LogP contribution in [0, 0.1) is 0 Å². The fourth-order valence-corrected chi connectivity index (χ4v) is 2.18. The molecule has 4 aromatic heterocycles. The Balaban J connectivity index is 1.65. The summed E-state index contributed by atoms with van der Waals surface area (Å²) in [4.78, 5) is 17.5. The second-order valence-corrected chi connectivity index (χ2v) is 4.90. The third kappa shape index (κ3) is 2.95. The van der Waals surface area contributed by atoms with Crippen molar-refractivity contribution in [3.8, 4) is 22.8 Å². The predicted octanol–water partition coefficient (Wildman–Crippen LogP) is 3.33. The summed E-state index contributed by atoms with van der Waals surface area (Å²) in [5.74, 6) is 1.14. The van der Waals surface area contributed by atoms with Gasteiger partial charge in [0.2, 0.25) is 5.95 Å². The number of pyridine rings is 2. The summed E-state index contributed by atoms with van der Waals surface area (Å²) < 4.78 is 4.87. The van der Waals surface area contributed by atoms with Gasteiger partial charge in [-0.2, -0.15) is 0 Å². The lowest BCUT2D eigenvalue weighted by atomic mass is 10.2. The van der Waals surface area contributed by atoms with E-state index in [4.69, 9.17) is 4.52 Å². The van der Waals surface area contributed by atoms with E-state index in [0.29, 0.717) is 23.2 Å². The summed E-state index contributed by atoms with van der Waals surface area (Å²) in [7, 11) is 0. The topological polar surface area (TPSA) is 89.6 Å². The fourth-order valence-electron chi connectivity index (χ4n) is 2.18. The van der Waals surface area contributed by atoms with Crippen LogP contribution < -0.4 is 5.32 Å². The highest BCUT2D eigenvalue weighted by Gasteiger charge is 2.08. The fraction of sp³-hybridized carbons (Fsp3) is 0. The standard InChI is InChI=1S/C17H12N6O/c1-2-9-18-16(6-1)22-17-19-10-7-14(21-17)12-4-3-5-13(20-12)15-8-11-24-23-15/h1-11H,(H,18,19,21,22). The second kappa shape index (κ2) is 6.25. The molecular weight excluding hydrogens is 304 g/mol. The van der Waals surface area contributed by atoms with Gasteiger partial charge in [0, 0.05) is 18.5 Å². The van der Waals surface area contributed by atoms with Gasteiger partial charge in [-0.05, 0) is 30.3 Å². The van der Waals surface area contributed by atoms with E-state index < -0.39 is 0 Å². The SMILES string of the molecule is c1ccc(Nc2nccc(-c3cccc(-c4ccon4)n3)n2)nc1. The first-order valence-corrected chi connectivity index (χ1v) is 7.28. The number of hydrogen-bond donors (Lipinski definition) is 1. The van der Waals surface area contributed by atoms with Crippen molar-refractivity contribution in [2.75, 3.05) is 5.32 Å². The number of nitrogens with zero attached hydrogens (tertiary/aromatic N) is 5. The molecule has 0 aliphatic carbocycles. The van der Waals surface area contributed by atoms with Gasteiger partial charge in [0.15, 0.2) is 0 Å². The average Bonchev–Trinajstić information content (AvgIpc) is 3.18. The molecule has 116 valence electrons. The minimum absolute atomic E-state index is 0.458. The number of rotatable bonds is 4. The van der Waals surface area contributed by atoms with Gasteiger partial charge in [-0.3, -0.25) is 0 Å². The van der Waals surface area contributed by atoms with Gasteiger partial charge < -0.3 is 9.84 Å². The molecule has 4 aromatic rings. The zero-order chi connectivity index (χ0) is 16.2. The van der Waals surface area contributed by atoms with Crippen LogP contribution in [-0.2, 0) is 0 Å². The van der Waals surface area contributed by atoms with Crippen molar-refractivity contribution in [2.45, 2.75) is 0 Å². The van der Waals surface area contributed by atoms with Crippen LogP contribution in [0.4, 0.5) is 11.8 Å². The molecule has 0 fully saturated rings. The first-order chi connectivity index (χ1) is 11.9. The molecule has 0 amide bonds. The Bertz CT molecular complexity index is 940. The summed E-state index contributed by atoms with van der Waals surface area (Å²) in [5.41, 5.74) is 2.83. The van der Waals surface area contributed by atoms with E-state index in [9.17, 15) is 0 Å². The van der Waals surface area contributed by atoms with Gasteiger partial charge in [-0.25, -0.2) is 19.9 Å². The molecule has 0 unspecified atom stereocenters. The van der Waals surface area contributed by atoms with E-state index >= 15 is 0 Å². The molecule has 24 heavy (non-hydrogen) atoms. The highest BCUT2D eigenvalue weighted by Crippen LogP contribution is 2.21. The maximum atomic E-state index is 4.87. The normalized spacial score (nSPS) is 10.5. The van der Waals surface area contributed by atoms with Crippen LogP contribution in [0.1, 0.15) is 0 Å². The van der Waals surface area contributed by atoms with Crippen LogP contribution in [-0.4, -0.2) is 25.1 Å². The first-order valence-electron chi connectivity index (χ1n) is 7.28. The van der Waals surface area contributed by atoms with Crippen molar-refractivity contribution in [2.24, 2.45) is 0 Å². The number of nitrogens with one attached hydrogen (secondary N) is 1. The van der Waals surface area contributed by atoms with Crippen molar-refractivity contribution in [1.82, 2.24) is 25.1 Å². The van der Waals surface area contributed by atoms with Crippen LogP contribution >= 0.6 is 0 Å². The lowest BCUT2D eigenvalue weighted by Gasteiger charge is -2.06. The summed E-state index contributed by atoms with van der Waals surface area (Å²) in [6.07, 6.45) is 4.90. The van der Waals surface area contributed by atoms with E-state index in [0.717, 1.165) is 11.4 Å². The molecule has 0 spiro atoms. The van der Waals surface area contributed by atoms with Gasteiger partial charge >= 0.3 is 0 Å². The second-order valence-electron chi connectivity index (χ2n) is 4.90. The number of aromatic nitrogens is 5. The molecule has 1 N–H and O–H groups in total. The van der Waals surface area contributed by atoms with Crippen molar-refractivity contribution in [3.05, 3.63) is 67.2 Å². The van der Waals surface area contributed by atoms with Gasteiger partial charge in [-0.1, -0.05) is 17.3 Å². The number of anilines is 2. The van der Waals surface area contributed by atoms with Crippen LogP contribution in [0.3, 0.4) is 0 Å². The summed E-state index contributed by atoms with van der Waals surface area (Å²) in [5, 5.41) is 6.97. The highest BCUT2D eigenvalue weighted by atomic mass is 16.5. The summed E-state index contributed by atoms with van der Waals surface area (Å²) in [6.45, 7) is 0. The van der Waals surface area contributed by atoms with E-state index in [1.165, 1.54) is 6.26 Å². The summed E-state index contributed by atoms with van der Waals surface area (Å²) in [6, 6.07) is 14.8. The molecule has 0 aliphatic heterocycles. The zero-order valence-corrected chi connectivity index (χ0v) is 12.5. The van der Waals surface area contributed by atoms with Crippen LogP contribution in [0.25, 0.3) is 22.8 Å². The molecule has 7 nitrogen and oxygen atoms in total. The number of hydrogen-bond acceptors (Lipinski definition) is 7. The van der Waals surface area contributed by atoms with Gasteiger partial charge in [0.05, 0.1) is 17.1 Å². The molecular formula is C17H12N6O. The lowest BCUT2D eigenvalue weighted by Crippen LogP contribution is -2.00. The quantitative estimate of drug-likeness (QED) is 0.617. The predicted molar refractivity (Wildman–Crippen MR) is 88.3 cm³/mol. The van der Waals surface area contributed by atoms with Gasteiger partial charge in [0.1, 0.15) is 17.8 Å².